The predicted octanol–water partition coefficient (Wildman–Crippen LogP) is 14.6. The molecule has 4 aromatic heterocycles. The van der Waals surface area contributed by atoms with Crippen molar-refractivity contribution in [2.24, 2.45) is 0 Å². The molecule has 0 aliphatic heterocycles. The first-order chi connectivity index (χ1) is 30.2. The molecule has 13 aromatic rings. The summed E-state index contributed by atoms with van der Waals surface area (Å²) in [6.45, 7) is 0. The number of furan rings is 2. The molecule has 0 saturated carbocycles. The highest BCUT2D eigenvalue weighted by Crippen LogP contribution is 2.42. The Bertz CT molecular complexity index is 3880. The van der Waals surface area contributed by atoms with Crippen LogP contribution in [0.4, 0.5) is 0 Å². The lowest BCUT2D eigenvalue weighted by Crippen LogP contribution is -2.01. The van der Waals surface area contributed by atoms with Gasteiger partial charge in [0.2, 0.25) is 0 Å². The highest BCUT2D eigenvalue weighted by molar-refractivity contribution is 6.17. The van der Waals surface area contributed by atoms with E-state index in [1.165, 1.54) is 21.5 Å². The molecular formula is C55H32N4O2. The minimum Gasteiger partial charge on any atom is -0.456 e. The van der Waals surface area contributed by atoms with Crippen LogP contribution in [-0.2, 0) is 0 Å². The van der Waals surface area contributed by atoms with Crippen molar-refractivity contribution < 1.29 is 8.83 Å². The smallest absolute Gasteiger partial charge is 0.164 e. The Hall–Kier alpha value is -8.35. The van der Waals surface area contributed by atoms with Gasteiger partial charge in [-0.25, -0.2) is 15.0 Å². The van der Waals surface area contributed by atoms with E-state index in [1.807, 2.05) is 48.5 Å². The number of nitrogens with zero attached hydrogens (tertiary/aromatic N) is 4. The van der Waals surface area contributed by atoms with E-state index >= 15 is 0 Å². The van der Waals surface area contributed by atoms with Crippen molar-refractivity contribution in [2.75, 3.05) is 0 Å². The van der Waals surface area contributed by atoms with E-state index in [0.717, 1.165) is 88.4 Å². The third-order valence-electron chi connectivity index (χ3n) is 12.0. The average Bonchev–Trinajstić information content (AvgIpc) is 4.00. The van der Waals surface area contributed by atoms with Gasteiger partial charge in [-0.05, 0) is 82.6 Å². The Balaban J connectivity index is 1.08. The number of para-hydroxylation sites is 3. The Morgan fingerprint density at radius 1 is 0.311 bits per heavy atom. The van der Waals surface area contributed by atoms with Crippen molar-refractivity contribution in [1.82, 2.24) is 19.5 Å². The number of aromatic nitrogens is 4. The number of benzene rings is 9. The zero-order valence-corrected chi connectivity index (χ0v) is 32.6. The van der Waals surface area contributed by atoms with Gasteiger partial charge in [0.05, 0.1) is 22.1 Å². The monoisotopic (exact) mass is 780 g/mol. The van der Waals surface area contributed by atoms with E-state index in [9.17, 15) is 0 Å². The van der Waals surface area contributed by atoms with Crippen LogP contribution >= 0.6 is 0 Å². The number of fused-ring (bicyclic) bond motifs is 10. The topological polar surface area (TPSA) is 69.9 Å². The van der Waals surface area contributed by atoms with E-state index < -0.39 is 0 Å². The van der Waals surface area contributed by atoms with Crippen LogP contribution in [0.25, 0.3) is 127 Å². The molecular weight excluding hydrogens is 749 g/mol. The van der Waals surface area contributed by atoms with Crippen LogP contribution in [0.1, 0.15) is 0 Å². The molecule has 9 aromatic carbocycles. The molecule has 6 heteroatoms. The summed E-state index contributed by atoms with van der Waals surface area (Å²) < 4.78 is 15.3. The van der Waals surface area contributed by atoms with Crippen molar-refractivity contribution in [3.8, 4) is 51.0 Å². The van der Waals surface area contributed by atoms with Gasteiger partial charge in [-0.2, -0.15) is 0 Å². The van der Waals surface area contributed by atoms with Gasteiger partial charge in [0.25, 0.3) is 0 Å². The zero-order chi connectivity index (χ0) is 40.0. The number of rotatable bonds is 5. The highest BCUT2D eigenvalue weighted by atomic mass is 16.3. The minimum absolute atomic E-state index is 0.541. The van der Waals surface area contributed by atoms with E-state index in [2.05, 4.69) is 150 Å². The molecule has 0 N–H and O–H groups in total. The van der Waals surface area contributed by atoms with E-state index in [4.69, 9.17) is 23.8 Å². The molecule has 0 atom stereocenters. The average molecular weight is 781 g/mol. The molecule has 0 radical (unpaired) electrons. The molecule has 0 spiro atoms. The van der Waals surface area contributed by atoms with Crippen LogP contribution in [0.5, 0.6) is 0 Å². The van der Waals surface area contributed by atoms with Gasteiger partial charge in [-0.1, -0.05) is 133 Å². The molecule has 0 fully saturated rings. The first-order valence-electron chi connectivity index (χ1n) is 20.4. The SMILES string of the molecule is c1ccc(-c2ccc(-c3nc(-c4cc(-n5c6ccccc6c6cc7ccccc7cc65)c5c(c4)oc4ccccc45)nc(-c4ccc5oc6ccccc6c5c4)n3)cc2)cc1. The van der Waals surface area contributed by atoms with Crippen LogP contribution in [0, 0.1) is 0 Å². The molecule has 0 unspecified atom stereocenters. The van der Waals surface area contributed by atoms with E-state index in [-0.39, 0.29) is 0 Å². The summed E-state index contributed by atoms with van der Waals surface area (Å²) in [5, 5.41) is 8.87. The van der Waals surface area contributed by atoms with Crippen LogP contribution in [0.2, 0.25) is 0 Å². The minimum atomic E-state index is 0.541. The van der Waals surface area contributed by atoms with Crippen LogP contribution < -0.4 is 0 Å². The van der Waals surface area contributed by atoms with Crippen molar-refractivity contribution >= 4 is 76.5 Å². The summed E-state index contributed by atoms with van der Waals surface area (Å²) in [7, 11) is 0. The number of hydrogen-bond donors (Lipinski definition) is 0. The van der Waals surface area contributed by atoms with Crippen molar-refractivity contribution in [2.45, 2.75) is 0 Å². The maximum atomic E-state index is 6.72. The third-order valence-corrected chi connectivity index (χ3v) is 12.0. The Labute approximate surface area is 348 Å². The van der Waals surface area contributed by atoms with Gasteiger partial charge in [-0.15, -0.1) is 0 Å². The Morgan fingerprint density at radius 3 is 1.67 bits per heavy atom. The predicted molar refractivity (Wildman–Crippen MR) is 248 cm³/mol. The first kappa shape index (κ1) is 33.6. The van der Waals surface area contributed by atoms with Gasteiger partial charge < -0.3 is 13.4 Å². The Morgan fingerprint density at radius 2 is 0.869 bits per heavy atom. The van der Waals surface area contributed by atoms with Crippen LogP contribution in [0.3, 0.4) is 0 Å². The fraction of sp³-hybridized carbons (Fsp3) is 0. The molecule has 0 saturated heterocycles. The fourth-order valence-electron chi connectivity index (χ4n) is 9.12. The van der Waals surface area contributed by atoms with Crippen molar-refractivity contribution in [1.29, 1.82) is 0 Å². The normalized spacial score (nSPS) is 11.9. The maximum absolute atomic E-state index is 6.72. The largest absolute Gasteiger partial charge is 0.456 e. The van der Waals surface area contributed by atoms with Gasteiger partial charge >= 0.3 is 0 Å². The summed E-state index contributed by atoms with van der Waals surface area (Å²) in [5.74, 6) is 1.68. The molecule has 284 valence electrons. The van der Waals surface area contributed by atoms with Crippen molar-refractivity contribution in [3.05, 3.63) is 194 Å². The molecule has 0 aliphatic rings. The maximum Gasteiger partial charge on any atom is 0.164 e. The summed E-state index contributed by atoms with van der Waals surface area (Å²) in [4.78, 5) is 15.7. The first-order valence-corrected chi connectivity index (χ1v) is 20.4. The van der Waals surface area contributed by atoms with E-state index in [0.29, 0.717) is 17.5 Å². The molecule has 4 heterocycles. The summed E-state index contributed by atoms with van der Waals surface area (Å²) in [6.07, 6.45) is 0. The molecule has 0 bridgehead atoms. The lowest BCUT2D eigenvalue weighted by molar-refractivity contribution is 0.668. The van der Waals surface area contributed by atoms with Gasteiger partial charge in [0, 0.05) is 43.6 Å². The standard InChI is InChI=1S/C55H32N4O2/c1-2-12-33(13-3-1)34-22-24-35(25-23-34)53-56-54(38-26-27-50-44(29-38)41-17-7-10-20-48(41)60-50)58-55(57-53)39-31-47(52-42-18-8-11-21-49(42)61-51(52)32-39)59-45-19-9-6-16-40(45)43-28-36-14-4-5-15-37(36)30-46(43)59/h1-32H. The second-order valence-corrected chi connectivity index (χ2v) is 15.6. The zero-order valence-electron chi connectivity index (χ0n) is 32.6. The van der Waals surface area contributed by atoms with Gasteiger partial charge in [0.15, 0.2) is 17.5 Å². The molecule has 6 nitrogen and oxygen atoms in total. The molecule has 0 aliphatic carbocycles. The van der Waals surface area contributed by atoms with Gasteiger partial charge in [0.1, 0.15) is 22.3 Å². The van der Waals surface area contributed by atoms with E-state index in [1.54, 1.807) is 0 Å². The summed E-state index contributed by atoms with van der Waals surface area (Å²) >= 11 is 0. The second-order valence-electron chi connectivity index (χ2n) is 15.6. The fourth-order valence-corrected chi connectivity index (χ4v) is 9.12. The lowest BCUT2D eigenvalue weighted by Gasteiger charge is -2.13. The number of hydrogen-bond acceptors (Lipinski definition) is 5. The van der Waals surface area contributed by atoms with Crippen LogP contribution in [0.15, 0.2) is 203 Å². The summed E-state index contributed by atoms with van der Waals surface area (Å²) in [6, 6.07) is 67.5. The quantitative estimate of drug-likeness (QED) is 0.174. The highest BCUT2D eigenvalue weighted by Gasteiger charge is 2.22. The third kappa shape index (κ3) is 5.32. The Kier molecular flexibility index (Phi) is 7.21. The van der Waals surface area contributed by atoms with Crippen LogP contribution in [-0.4, -0.2) is 19.5 Å². The summed E-state index contributed by atoms with van der Waals surface area (Å²) in [5.41, 5.74) is 11.3. The second kappa shape index (κ2) is 13.1. The molecule has 61 heavy (non-hydrogen) atoms. The molecule has 13 rings (SSSR count). The van der Waals surface area contributed by atoms with Gasteiger partial charge in [-0.3, -0.25) is 0 Å². The molecule has 0 amide bonds. The van der Waals surface area contributed by atoms with Crippen molar-refractivity contribution in [3.63, 3.8) is 0 Å². The lowest BCUT2D eigenvalue weighted by atomic mass is 10.0.